The molecule has 1 aliphatic rings. The predicted octanol–water partition coefficient (Wildman–Crippen LogP) is 4.10. The highest BCUT2D eigenvalue weighted by Gasteiger charge is 2.34. The number of likely N-dealkylation sites (tertiary alicyclic amines) is 1. The third-order valence-electron chi connectivity index (χ3n) is 5.18. The average molecular weight is 449 g/mol. The largest absolute Gasteiger partial charge is 0.401 e. The second-order valence-electron chi connectivity index (χ2n) is 7.97. The molecule has 2 aromatic rings. The maximum atomic E-state index is 12.6. The minimum absolute atomic E-state index is 0.0423. The number of nitrogens with zero attached hydrogens (tertiary/aromatic N) is 2. The molecule has 0 amide bonds. The lowest BCUT2D eigenvalue weighted by Gasteiger charge is -2.19. The number of rotatable bonds is 9. The minimum Gasteiger partial charge on any atom is -0.372 e. The fourth-order valence-electron chi connectivity index (χ4n) is 3.63. The summed E-state index contributed by atoms with van der Waals surface area (Å²) in [6.07, 6.45) is -3.50. The van der Waals surface area contributed by atoms with Crippen molar-refractivity contribution in [3.63, 3.8) is 0 Å². The van der Waals surface area contributed by atoms with Gasteiger partial charge in [0.25, 0.3) is 0 Å². The first kappa shape index (κ1) is 24.1. The molecule has 32 heavy (non-hydrogen) atoms. The number of nitrogens with one attached hydrogen (secondary N) is 2. The van der Waals surface area contributed by atoms with E-state index in [0.29, 0.717) is 51.8 Å². The lowest BCUT2D eigenvalue weighted by molar-refractivity contribution is -0.143. The molecule has 3 rings (SSSR count). The molecule has 0 spiro atoms. The van der Waals surface area contributed by atoms with Gasteiger partial charge in [-0.1, -0.05) is 54.6 Å². The van der Waals surface area contributed by atoms with Gasteiger partial charge in [0.15, 0.2) is 5.96 Å². The monoisotopic (exact) mass is 448 g/mol. The van der Waals surface area contributed by atoms with Gasteiger partial charge in [-0.2, -0.15) is 13.2 Å². The summed E-state index contributed by atoms with van der Waals surface area (Å²) in [7, 11) is 0. The van der Waals surface area contributed by atoms with Gasteiger partial charge >= 0.3 is 6.18 Å². The summed E-state index contributed by atoms with van der Waals surface area (Å²) in [6, 6.07) is 18.1. The summed E-state index contributed by atoms with van der Waals surface area (Å²) in [5, 5.41) is 6.44. The molecule has 1 saturated heterocycles. The van der Waals surface area contributed by atoms with E-state index in [4.69, 9.17) is 4.74 Å². The Kier molecular flexibility index (Phi) is 8.93. The highest BCUT2D eigenvalue weighted by atomic mass is 19.4. The number of hydrogen-bond donors (Lipinski definition) is 2. The van der Waals surface area contributed by atoms with Crippen LogP contribution in [0.2, 0.25) is 0 Å². The Hall–Kier alpha value is -2.58. The first-order chi connectivity index (χ1) is 15.4. The molecule has 0 aromatic heterocycles. The number of hydrogen-bond acceptors (Lipinski definition) is 3. The van der Waals surface area contributed by atoms with Crippen LogP contribution in [0.3, 0.4) is 0 Å². The van der Waals surface area contributed by atoms with E-state index in [2.05, 4.69) is 15.6 Å². The molecule has 5 nitrogen and oxygen atoms in total. The van der Waals surface area contributed by atoms with Crippen LogP contribution in [0.15, 0.2) is 59.6 Å². The molecule has 1 fully saturated rings. The van der Waals surface area contributed by atoms with Gasteiger partial charge in [-0.3, -0.25) is 4.90 Å². The maximum Gasteiger partial charge on any atom is 0.401 e. The molecule has 2 N–H and O–H groups in total. The number of aliphatic imine (C=N–C) groups is 1. The first-order valence-electron chi connectivity index (χ1n) is 10.9. The van der Waals surface area contributed by atoms with Gasteiger partial charge in [-0.05, 0) is 30.0 Å². The Balaban J connectivity index is 1.46. The molecule has 0 radical (unpaired) electrons. The summed E-state index contributed by atoms with van der Waals surface area (Å²) < 4.78 is 43.6. The van der Waals surface area contributed by atoms with Crippen molar-refractivity contribution in [3.8, 4) is 0 Å². The highest BCUT2D eigenvalue weighted by molar-refractivity contribution is 5.80. The van der Waals surface area contributed by atoms with Gasteiger partial charge in [0, 0.05) is 25.7 Å². The summed E-state index contributed by atoms with van der Waals surface area (Å²) in [6.45, 7) is 4.19. The van der Waals surface area contributed by atoms with Gasteiger partial charge in [0.2, 0.25) is 0 Å². The van der Waals surface area contributed by atoms with Crippen LogP contribution in [-0.2, 0) is 24.5 Å². The maximum absolute atomic E-state index is 12.6. The average Bonchev–Trinajstić information content (AvgIpc) is 3.19. The smallest absolute Gasteiger partial charge is 0.372 e. The lowest BCUT2D eigenvalue weighted by atomic mass is 10.1. The Labute approximate surface area is 187 Å². The summed E-state index contributed by atoms with van der Waals surface area (Å²) >= 11 is 0. The number of benzene rings is 2. The van der Waals surface area contributed by atoms with Crippen LogP contribution >= 0.6 is 0 Å². The molecule has 0 saturated carbocycles. The van der Waals surface area contributed by atoms with Gasteiger partial charge in [-0.15, -0.1) is 0 Å². The van der Waals surface area contributed by atoms with Crippen molar-refractivity contribution in [2.45, 2.75) is 45.3 Å². The second-order valence-corrected chi connectivity index (χ2v) is 7.97. The van der Waals surface area contributed by atoms with Crippen LogP contribution in [-0.4, -0.2) is 49.3 Å². The number of ether oxygens (including phenoxy) is 1. The molecule has 1 unspecified atom stereocenters. The van der Waals surface area contributed by atoms with Gasteiger partial charge in [0.1, 0.15) is 0 Å². The van der Waals surface area contributed by atoms with Gasteiger partial charge in [0.05, 0.1) is 26.3 Å². The zero-order valence-corrected chi connectivity index (χ0v) is 18.4. The minimum atomic E-state index is -4.16. The topological polar surface area (TPSA) is 48.9 Å². The Bertz CT molecular complexity index is 841. The first-order valence-corrected chi connectivity index (χ1v) is 10.9. The lowest BCUT2D eigenvalue weighted by Crippen LogP contribution is -2.45. The molecule has 2 aromatic carbocycles. The molecule has 174 valence electrons. The van der Waals surface area contributed by atoms with Crippen molar-refractivity contribution < 1.29 is 17.9 Å². The number of guanidine groups is 1. The van der Waals surface area contributed by atoms with Crippen molar-refractivity contribution in [1.29, 1.82) is 0 Å². The van der Waals surface area contributed by atoms with Crippen LogP contribution < -0.4 is 10.6 Å². The van der Waals surface area contributed by atoms with Crippen molar-refractivity contribution in [2.24, 2.45) is 4.99 Å². The standard InChI is InChI=1S/C24H31F3N4O/c1-2-28-23(30-22-12-13-31(15-22)18-24(25,26)27)29-14-19-8-10-21(11-9-19)17-32-16-20-6-4-3-5-7-20/h3-11,22H,2,12-18H2,1H3,(H2,28,29,30). The van der Waals surface area contributed by atoms with E-state index < -0.39 is 12.7 Å². The SMILES string of the molecule is CCNC(=NCc1ccc(COCc2ccccc2)cc1)NC1CCN(CC(F)(F)F)C1. The molecule has 1 aliphatic heterocycles. The van der Waals surface area contributed by atoms with Crippen LogP contribution in [0, 0.1) is 0 Å². The van der Waals surface area contributed by atoms with E-state index in [1.165, 1.54) is 4.90 Å². The summed E-state index contributed by atoms with van der Waals surface area (Å²) in [4.78, 5) is 6.03. The van der Waals surface area contributed by atoms with Crippen LogP contribution in [0.25, 0.3) is 0 Å². The van der Waals surface area contributed by atoms with E-state index in [1.807, 2.05) is 61.5 Å². The van der Waals surface area contributed by atoms with Crippen LogP contribution in [0.5, 0.6) is 0 Å². The van der Waals surface area contributed by atoms with Crippen molar-refractivity contribution in [1.82, 2.24) is 15.5 Å². The Morgan fingerprint density at radius 3 is 2.34 bits per heavy atom. The summed E-state index contributed by atoms with van der Waals surface area (Å²) in [5.41, 5.74) is 3.29. The normalized spacial score (nSPS) is 17.5. The molecule has 1 atom stereocenters. The molecular formula is C24H31F3N4O. The van der Waals surface area contributed by atoms with E-state index in [1.54, 1.807) is 0 Å². The van der Waals surface area contributed by atoms with Gasteiger partial charge < -0.3 is 15.4 Å². The van der Waals surface area contributed by atoms with Crippen molar-refractivity contribution in [3.05, 3.63) is 71.3 Å². The fourth-order valence-corrected chi connectivity index (χ4v) is 3.63. The molecule has 0 aliphatic carbocycles. The van der Waals surface area contributed by atoms with E-state index in [9.17, 15) is 13.2 Å². The zero-order chi connectivity index (χ0) is 22.8. The number of halogens is 3. The highest BCUT2D eigenvalue weighted by Crippen LogP contribution is 2.20. The molecule has 8 heteroatoms. The van der Waals surface area contributed by atoms with E-state index in [-0.39, 0.29) is 6.04 Å². The molecular weight excluding hydrogens is 417 g/mol. The quantitative estimate of drug-likeness (QED) is 0.448. The van der Waals surface area contributed by atoms with Crippen molar-refractivity contribution in [2.75, 3.05) is 26.2 Å². The fraction of sp³-hybridized carbons (Fsp3) is 0.458. The second kappa shape index (κ2) is 11.9. The van der Waals surface area contributed by atoms with E-state index >= 15 is 0 Å². The summed E-state index contributed by atoms with van der Waals surface area (Å²) in [5.74, 6) is 0.627. The third kappa shape index (κ3) is 8.51. The Morgan fingerprint density at radius 1 is 1.03 bits per heavy atom. The van der Waals surface area contributed by atoms with Crippen LogP contribution in [0.1, 0.15) is 30.0 Å². The molecule has 1 heterocycles. The van der Waals surface area contributed by atoms with E-state index in [0.717, 1.165) is 16.7 Å². The third-order valence-corrected chi connectivity index (χ3v) is 5.18. The molecule has 0 bridgehead atoms. The van der Waals surface area contributed by atoms with Gasteiger partial charge in [-0.25, -0.2) is 4.99 Å². The predicted molar refractivity (Wildman–Crippen MR) is 120 cm³/mol. The van der Waals surface area contributed by atoms with Crippen molar-refractivity contribution >= 4 is 5.96 Å². The zero-order valence-electron chi connectivity index (χ0n) is 18.4. The van der Waals surface area contributed by atoms with Crippen LogP contribution in [0.4, 0.5) is 13.2 Å². The Morgan fingerprint density at radius 2 is 1.69 bits per heavy atom. The number of alkyl halides is 3.